The number of piperidine rings is 1. The molecular formula is C23H31N3OS. The Morgan fingerprint density at radius 2 is 2.04 bits per heavy atom. The van der Waals surface area contributed by atoms with Crippen LogP contribution in [-0.4, -0.2) is 59.7 Å². The van der Waals surface area contributed by atoms with Crippen LogP contribution < -0.4 is 0 Å². The predicted molar refractivity (Wildman–Crippen MR) is 117 cm³/mol. The van der Waals surface area contributed by atoms with E-state index in [1.165, 1.54) is 30.5 Å². The van der Waals surface area contributed by atoms with Gasteiger partial charge in [-0.1, -0.05) is 24.3 Å². The number of carbonyl (C=O) groups is 1. The third kappa shape index (κ3) is 6.35. The summed E-state index contributed by atoms with van der Waals surface area (Å²) in [5, 5.41) is 0. The lowest BCUT2D eigenvalue weighted by atomic mass is 9.96. The lowest BCUT2D eigenvalue weighted by Gasteiger charge is -2.34. The summed E-state index contributed by atoms with van der Waals surface area (Å²) >= 11 is 1.58. The maximum Gasteiger partial charge on any atom is 0.232 e. The number of pyridine rings is 1. The molecule has 1 fully saturated rings. The summed E-state index contributed by atoms with van der Waals surface area (Å²) in [5.41, 5.74) is 2.83. The molecule has 4 nitrogen and oxygen atoms in total. The van der Waals surface area contributed by atoms with Crippen LogP contribution in [0.2, 0.25) is 0 Å². The fraction of sp³-hybridized carbons (Fsp3) is 0.478. The van der Waals surface area contributed by atoms with E-state index in [0.29, 0.717) is 11.7 Å². The highest BCUT2D eigenvalue weighted by atomic mass is 32.2. The maximum atomic E-state index is 12.5. The van der Waals surface area contributed by atoms with Gasteiger partial charge in [0, 0.05) is 44.0 Å². The smallest absolute Gasteiger partial charge is 0.232 e. The Hall–Kier alpha value is -1.85. The van der Waals surface area contributed by atoms with Crippen molar-refractivity contribution in [2.45, 2.75) is 31.1 Å². The zero-order chi connectivity index (χ0) is 19.8. The lowest BCUT2D eigenvalue weighted by Crippen LogP contribution is -2.42. The van der Waals surface area contributed by atoms with Gasteiger partial charge in [-0.2, -0.15) is 0 Å². The molecule has 1 amide bonds. The molecule has 1 atom stereocenters. The van der Waals surface area contributed by atoms with Crippen molar-refractivity contribution >= 4 is 17.7 Å². The quantitative estimate of drug-likeness (QED) is 0.633. The van der Waals surface area contributed by atoms with Crippen molar-refractivity contribution in [3.05, 3.63) is 59.9 Å². The van der Waals surface area contributed by atoms with E-state index in [2.05, 4.69) is 41.1 Å². The molecule has 0 aliphatic carbocycles. The second-order valence-corrected chi connectivity index (χ2v) is 8.78. The topological polar surface area (TPSA) is 36.4 Å². The minimum atomic E-state index is 0.207. The van der Waals surface area contributed by atoms with Gasteiger partial charge in [0.25, 0.3) is 0 Å². The molecule has 1 aromatic carbocycles. The summed E-state index contributed by atoms with van der Waals surface area (Å²) in [7, 11) is 1.95. The zero-order valence-corrected chi connectivity index (χ0v) is 17.8. The number of benzene rings is 1. The first-order valence-electron chi connectivity index (χ1n) is 10.2. The molecule has 0 radical (unpaired) electrons. The summed E-state index contributed by atoms with van der Waals surface area (Å²) < 4.78 is 0. The van der Waals surface area contributed by atoms with E-state index in [9.17, 15) is 4.79 Å². The van der Waals surface area contributed by atoms with Crippen LogP contribution in [0.15, 0.2) is 53.7 Å². The van der Waals surface area contributed by atoms with Crippen molar-refractivity contribution in [1.82, 2.24) is 14.8 Å². The van der Waals surface area contributed by atoms with Crippen LogP contribution in [0.3, 0.4) is 0 Å². The Morgan fingerprint density at radius 3 is 2.82 bits per heavy atom. The van der Waals surface area contributed by atoms with Crippen molar-refractivity contribution in [3.8, 4) is 0 Å². The molecule has 5 heteroatoms. The molecule has 1 saturated heterocycles. The zero-order valence-electron chi connectivity index (χ0n) is 17.0. The van der Waals surface area contributed by atoms with Crippen molar-refractivity contribution in [2.75, 3.05) is 39.0 Å². The fourth-order valence-corrected chi connectivity index (χ4v) is 4.68. The van der Waals surface area contributed by atoms with E-state index in [-0.39, 0.29) is 5.91 Å². The number of aryl methyl sites for hydroxylation is 1. The van der Waals surface area contributed by atoms with Crippen molar-refractivity contribution < 1.29 is 4.79 Å². The van der Waals surface area contributed by atoms with Gasteiger partial charge in [-0.3, -0.25) is 9.78 Å². The van der Waals surface area contributed by atoms with Crippen LogP contribution in [-0.2, 0) is 11.2 Å². The van der Waals surface area contributed by atoms with E-state index >= 15 is 0 Å². The van der Waals surface area contributed by atoms with Crippen molar-refractivity contribution in [2.24, 2.45) is 5.92 Å². The van der Waals surface area contributed by atoms with Gasteiger partial charge in [0.15, 0.2) is 0 Å². The predicted octanol–water partition coefficient (Wildman–Crippen LogP) is 3.90. The summed E-state index contributed by atoms with van der Waals surface area (Å²) in [6.45, 7) is 6.44. The van der Waals surface area contributed by atoms with Gasteiger partial charge >= 0.3 is 0 Å². The largest absolute Gasteiger partial charge is 0.345 e. The average Bonchev–Trinajstić information content (AvgIpc) is 2.72. The number of nitrogens with zero attached hydrogens (tertiary/aromatic N) is 3. The first-order chi connectivity index (χ1) is 13.6. The van der Waals surface area contributed by atoms with Crippen molar-refractivity contribution in [3.63, 3.8) is 0 Å². The van der Waals surface area contributed by atoms with Gasteiger partial charge in [-0.25, -0.2) is 0 Å². The Labute approximate surface area is 173 Å². The van der Waals surface area contributed by atoms with Crippen LogP contribution in [0, 0.1) is 12.8 Å². The van der Waals surface area contributed by atoms with E-state index in [1.54, 1.807) is 24.2 Å². The van der Waals surface area contributed by atoms with Gasteiger partial charge in [0.05, 0.1) is 5.75 Å². The minimum Gasteiger partial charge on any atom is -0.345 e. The van der Waals surface area contributed by atoms with Gasteiger partial charge in [0.2, 0.25) is 5.91 Å². The highest BCUT2D eigenvalue weighted by Crippen LogP contribution is 2.20. The molecule has 1 aliphatic rings. The van der Waals surface area contributed by atoms with Gasteiger partial charge in [-0.15, -0.1) is 11.8 Å². The molecule has 2 heterocycles. The molecular weight excluding hydrogens is 366 g/mol. The molecule has 0 N–H and O–H groups in total. The highest BCUT2D eigenvalue weighted by Gasteiger charge is 2.22. The Balaban J connectivity index is 1.42. The second kappa shape index (κ2) is 10.6. The number of rotatable bonds is 8. The van der Waals surface area contributed by atoms with Crippen LogP contribution in [0.5, 0.6) is 0 Å². The first kappa shape index (κ1) is 20.9. The van der Waals surface area contributed by atoms with Gasteiger partial charge in [0.1, 0.15) is 0 Å². The number of hydrogen-bond acceptors (Lipinski definition) is 4. The Bertz CT molecular complexity index is 753. The molecule has 1 aromatic heterocycles. The summed E-state index contributed by atoms with van der Waals surface area (Å²) in [6, 6.07) is 12.6. The maximum absolute atomic E-state index is 12.5. The molecule has 3 rings (SSSR count). The molecule has 28 heavy (non-hydrogen) atoms. The number of thioether (sulfide) groups is 1. The molecule has 0 bridgehead atoms. The number of aromatic nitrogens is 1. The second-order valence-electron chi connectivity index (χ2n) is 7.73. The Kier molecular flexibility index (Phi) is 7.92. The van der Waals surface area contributed by atoms with Crippen LogP contribution >= 0.6 is 11.8 Å². The van der Waals surface area contributed by atoms with Crippen LogP contribution in [0.25, 0.3) is 0 Å². The highest BCUT2D eigenvalue weighted by molar-refractivity contribution is 8.00. The average molecular weight is 398 g/mol. The van der Waals surface area contributed by atoms with Crippen LogP contribution in [0.1, 0.15) is 24.0 Å². The lowest BCUT2D eigenvalue weighted by molar-refractivity contribution is -0.127. The van der Waals surface area contributed by atoms with E-state index in [4.69, 9.17) is 0 Å². The third-order valence-corrected chi connectivity index (χ3v) is 6.53. The van der Waals surface area contributed by atoms with Gasteiger partial charge < -0.3 is 9.80 Å². The summed E-state index contributed by atoms with van der Waals surface area (Å²) in [6.07, 6.45) is 7.09. The number of carbonyl (C=O) groups excluding carboxylic acids is 1. The Morgan fingerprint density at radius 1 is 1.25 bits per heavy atom. The monoisotopic (exact) mass is 397 g/mol. The molecule has 1 aliphatic heterocycles. The third-order valence-electron chi connectivity index (χ3n) is 5.53. The summed E-state index contributed by atoms with van der Waals surface area (Å²) in [5.74, 6) is 1.27. The summed E-state index contributed by atoms with van der Waals surface area (Å²) in [4.78, 5) is 22.1. The van der Waals surface area contributed by atoms with Crippen molar-refractivity contribution in [1.29, 1.82) is 0 Å². The molecule has 0 saturated carbocycles. The molecule has 2 aromatic rings. The van der Waals surface area contributed by atoms with E-state index in [0.717, 1.165) is 31.0 Å². The van der Waals surface area contributed by atoms with E-state index < -0.39 is 0 Å². The standard InChI is InChI=1S/C23H31N3OS/c1-19-6-3-4-8-21(19)11-15-26-14-5-7-20(17-26)16-25(2)23(27)18-28-22-9-12-24-13-10-22/h3-4,6,8-10,12-13,20H,5,7,11,14-18H2,1-2H3/t20-/m0/s1. The van der Waals surface area contributed by atoms with E-state index in [1.807, 2.05) is 24.1 Å². The molecule has 0 unspecified atom stereocenters. The van der Waals surface area contributed by atoms with Crippen LogP contribution in [0.4, 0.5) is 0 Å². The minimum absolute atomic E-state index is 0.207. The molecule has 0 spiro atoms. The number of amides is 1. The fourth-order valence-electron chi connectivity index (χ4n) is 3.85. The number of hydrogen-bond donors (Lipinski definition) is 0. The molecule has 150 valence electrons. The number of likely N-dealkylation sites (tertiary alicyclic amines) is 1. The first-order valence-corrected chi connectivity index (χ1v) is 11.1. The normalized spacial score (nSPS) is 17.4. The SMILES string of the molecule is Cc1ccccc1CCN1CCC[C@@H](CN(C)C(=O)CSc2ccncc2)C1. The van der Waals surface area contributed by atoms with Gasteiger partial charge in [-0.05, 0) is 61.9 Å².